The van der Waals surface area contributed by atoms with Crippen LogP contribution in [0.1, 0.15) is 34.2 Å². The number of aliphatic carboxylic acids is 1. The Bertz CT molecular complexity index is 1220. The molecule has 32 heavy (non-hydrogen) atoms. The van der Waals surface area contributed by atoms with Gasteiger partial charge in [-0.1, -0.05) is 12.1 Å². The maximum absolute atomic E-state index is 14.2. The minimum absolute atomic E-state index is 0.121. The first-order chi connectivity index (χ1) is 15.2. The number of hydrogen-bond donors (Lipinski definition) is 2. The molecular formula is C21H14BrF2N3O5. The number of nitrogens with zero attached hydrogens (tertiary/aromatic N) is 2. The molecule has 3 N–H and O–H groups in total. The maximum Gasteiger partial charge on any atom is 0.316 e. The second-order valence-electron chi connectivity index (χ2n) is 6.49. The zero-order valence-corrected chi connectivity index (χ0v) is 17.7. The van der Waals surface area contributed by atoms with Crippen LogP contribution in [-0.4, -0.2) is 28.6 Å². The van der Waals surface area contributed by atoms with E-state index in [1.165, 1.54) is 0 Å². The van der Waals surface area contributed by atoms with Crippen LogP contribution >= 0.6 is 15.9 Å². The number of carboxylic acid groups (broad SMARTS) is 1. The average molecular weight is 506 g/mol. The fourth-order valence-corrected chi connectivity index (χ4v) is 3.34. The first-order valence-corrected chi connectivity index (χ1v) is 9.82. The average Bonchev–Trinajstić information content (AvgIpc) is 3.13. The molecule has 1 unspecified atom stereocenters. The SMILES string of the molecule is N#Cc1ccc(-c2nc(C(CCOc3ccc(F)c(C(N)=O)c3F)C(=O)O)oc2Br)cc1. The summed E-state index contributed by atoms with van der Waals surface area (Å²) in [5.74, 6) is -6.77. The van der Waals surface area contributed by atoms with Crippen LogP contribution in [-0.2, 0) is 4.79 Å². The van der Waals surface area contributed by atoms with Crippen molar-refractivity contribution in [3.05, 3.63) is 69.7 Å². The fourth-order valence-electron chi connectivity index (χ4n) is 2.86. The van der Waals surface area contributed by atoms with Crippen molar-refractivity contribution in [3.8, 4) is 23.1 Å². The van der Waals surface area contributed by atoms with Gasteiger partial charge in [-0.15, -0.1) is 0 Å². The van der Waals surface area contributed by atoms with Crippen molar-refractivity contribution < 1.29 is 32.6 Å². The number of ether oxygens (including phenoxy) is 1. The zero-order valence-electron chi connectivity index (χ0n) is 16.1. The van der Waals surface area contributed by atoms with E-state index in [1.54, 1.807) is 24.3 Å². The number of amides is 1. The predicted molar refractivity (Wildman–Crippen MR) is 110 cm³/mol. The Kier molecular flexibility index (Phi) is 6.85. The quantitative estimate of drug-likeness (QED) is 0.471. The van der Waals surface area contributed by atoms with E-state index >= 15 is 0 Å². The van der Waals surface area contributed by atoms with E-state index in [0.717, 1.165) is 12.1 Å². The number of primary amides is 1. The van der Waals surface area contributed by atoms with E-state index in [0.29, 0.717) is 16.8 Å². The van der Waals surface area contributed by atoms with Gasteiger partial charge in [-0.05, 0) is 40.2 Å². The Morgan fingerprint density at radius 1 is 1.25 bits per heavy atom. The summed E-state index contributed by atoms with van der Waals surface area (Å²) in [7, 11) is 0. The third kappa shape index (κ3) is 4.76. The van der Waals surface area contributed by atoms with E-state index in [9.17, 15) is 23.5 Å². The van der Waals surface area contributed by atoms with Crippen molar-refractivity contribution in [3.63, 3.8) is 0 Å². The van der Waals surface area contributed by atoms with E-state index in [-0.39, 0.29) is 23.6 Å². The van der Waals surface area contributed by atoms with Crippen LogP contribution < -0.4 is 10.5 Å². The molecule has 0 aliphatic carbocycles. The van der Waals surface area contributed by atoms with E-state index in [4.69, 9.17) is 20.1 Å². The number of aromatic nitrogens is 1. The molecule has 1 atom stereocenters. The Morgan fingerprint density at radius 3 is 2.53 bits per heavy atom. The van der Waals surface area contributed by atoms with Crippen LogP contribution in [0.4, 0.5) is 8.78 Å². The van der Waals surface area contributed by atoms with E-state index in [2.05, 4.69) is 20.9 Å². The molecule has 0 spiro atoms. The van der Waals surface area contributed by atoms with Crippen LogP contribution in [0.25, 0.3) is 11.3 Å². The van der Waals surface area contributed by atoms with Crippen LogP contribution in [0, 0.1) is 23.0 Å². The Hall–Kier alpha value is -3.78. The Labute approximate surface area is 188 Å². The van der Waals surface area contributed by atoms with E-state index in [1.807, 2.05) is 6.07 Å². The molecule has 0 fully saturated rings. The standard InChI is InChI=1S/C21H14BrF2N3O5/c22-18-17(11-3-1-10(9-25)2-4-11)27-20(32-18)12(21(29)30)7-8-31-14-6-5-13(23)15(16(14)24)19(26)28/h1-6,12H,7-8H2,(H2,26,28)(H,29,30). The second-order valence-corrected chi connectivity index (χ2v) is 7.21. The highest BCUT2D eigenvalue weighted by atomic mass is 79.9. The molecule has 0 radical (unpaired) electrons. The summed E-state index contributed by atoms with van der Waals surface area (Å²) in [5.41, 5.74) is 5.40. The highest BCUT2D eigenvalue weighted by Gasteiger charge is 2.28. The summed E-state index contributed by atoms with van der Waals surface area (Å²) < 4.78 is 38.7. The molecule has 0 saturated carbocycles. The number of benzene rings is 2. The van der Waals surface area contributed by atoms with Gasteiger partial charge in [-0.2, -0.15) is 5.26 Å². The largest absolute Gasteiger partial charge is 0.490 e. The molecule has 0 saturated heterocycles. The van der Waals surface area contributed by atoms with Gasteiger partial charge in [0.15, 0.2) is 16.2 Å². The Balaban J connectivity index is 1.77. The number of hydrogen-bond acceptors (Lipinski definition) is 6. The number of carboxylic acids is 1. The van der Waals surface area contributed by atoms with Crippen molar-refractivity contribution in [1.82, 2.24) is 4.98 Å². The molecule has 1 heterocycles. The van der Waals surface area contributed by atoms with E-state index < -0.39 is 40.7 Å². The molecular weight excluding hydrogens is 492 g/mol. The van der Waals surface area contributed by atoms with Gasteiger partial charge >= 0.3 is 5.97 Å². The highest BCUT2D eigenvalue weighted by Crippen LogP contribution is 2.33. The van der Waals surface area contributed by atoms with Gasteiger partial charge in [0, 0.05) is 12.0 Å². The smallest absolute Gasteiger partial charge is 0.316 e. The lowest BCUT2D eigenvalue weighted by molar-refractivity contribution is -0.139. The van der Waals surface area contributed by atoms with Gasteiger partial charge < -0.3 is 20.0 Å². The normalized spacial score (nSPS) is 11.6. The van der Waals surface area contributed by atoms with Crippen molar-refractivity contribution in [2.45, 2.75) is 12.3 Å². The van der Waals surface area contributed by atoms with Gasteiger partial charge in [-0.3, -0.25) is 9.59 Å². The van der Waals surface area contributed by atoms with Crippen LogP contribution in [0.15, 0.2) is 45.5 Å². The number of oxazole rings is 1. The number of nitrogens with two attached hydrogens (primary N) is 1. The Morgan fingerprint density at radius 2 is 1.94 bits per heavy atom. The first kappa shape index (κ1) is 22.9. The van der Waals surface area contributed by atoms with Gasteiger partial charge in [0.25, 0.3) is 5.91 Å². The van der Waals surface area contributed by atoms with Crippen LogP contribution in [0.3, 0.4) is 0 Å². The lowest BCUT2D eigenvalue weighted by atomic mass is 10.1. The minimum Gasteiger partial charge on any atom is -0.490 e. The predicted octanol–water partition coefficient (Wildman–Crippen LogP) is 3.99. The van der Waals surface area contributed by atoms with Gasteiger partial charge in [0.2, 0.25) is 5.89 Å². The molecule has 3 aromatic rings. The molecule has 3 rings (SSSR count). The monoisotopic (exact) mass is 505 g/mol. The van der Waals surface area contributed by atoms with Crippen LogP contribution in [0.5, 0.6) is 5.75 Å². The summed E-state index contributed by atoms with van der Waals surface area (Å²) in [4.78, 5) is 27.2. The lowest BCUT2D eigenvalue weighted by Crippen LogP contribution is -2.18. The minimum atomic E-state index is -1.30. The number of nitriles is 1. The van der Waals surface area contributed by atoms with Crippen molar-refractivity contribution in [2.75, 3.05) is 6.61 Å². The topological polar surface area (TPSA) is 139 Å². The molecule has 0 aliphatic heterocycles. The maximum atomic E-state index is 14.2. The molecule has 164 valence electrons. The molecule has 8 nitrogen and oxygen atoms in total. The third-order valence-electron chi connectivity index (χ3n) is 4.45. The molecule has 2 aromatic carbocycles. The van der Waals surface area contributed by atoms with Crippen molar-refractivity contribution in [1.29, 1.82) is 5.26 Å². The third-order valence-corrected chi connectivity index (χ3v) is 4.99. The lowest BCUT2D eigenvalue weighted by Gasteiger charge is -2.12. The molecule has 1 amide bonds. The van der Waals surface area contributed by atoms with Gasteiger partial charge in [-0.25, -0.2) is 13.8 Å². The zero-order chi connectivity index (χ0) is 23.4. The summed E-state index contributed by atoms with van der Waals surface area (Å²) in [6, 6.07) is 10.2. The van der Waals surface area contributed by atoms with Crippen molar-refractivity contribution >= 4 is 27.8 Å². The number of rotatable bonds is 8. The van der Waals surface area contributed by atoms with Gasteiger partial charge in [0.05, 0.1) is 18.2 Å². The molecule has 11 heteroatoms. The summed E-state index contributed by atoms with van der Waals surface area (Å²) in [6.07, 6.45) is -0.169. The second kappa shape index (κ2) is 9.57. The summed E-state index contributed by atoms with van der Waals surface area (Å²) in [6.45, 7) is -0.302. The number of carbonyl (C=O) groups is 2. The first-order valence-electron chi connectivity index (χ1n) is 9.03. The molecule has 1 aromatic heterocycles. The van der Waals surface area contributed by atoms with Crippen molar-refractivity contribution in [2.24, 2.45) is 5.73 Å². The number of halogens is 3. The number of carbonyl (C=O) groups excluding carboxylic acids is 1. The highest BCUT2D eigenvalue weighted by molar-refractivity contribution is 9.10. The van der Waals surface area contributed by atoms with Gasteiger partial charge in [0.1, 0.15) is 23.0 Å². The molecule has 0 aliphatic rings. The van der Waals surface area contributed by atoms with Crippen LogP contribution in [0.2, 0.25) is 0 Å². The summed E-state index contributed by atoms with van der Waals surface area (Å²) in [5, 5.41) is 18.5. The summed E-state index contributed by atoms with van der Waals surface area (Å²) >= 11 is 3.20. The molecule has 0 bridgehead atoms. The fraction of sp³-hybridized carbons (Fsp3) is 0.143.